The van der Waals surface area contributed by atoms with Gasteiger partial charge in [-0.2, -0.15) is 5.26 Å². The zero-order valence-electron chi connectivity index (χ0n) is 12.6. The molecule has 22 heavy (non-hydrogen) atoms. The lowest BCUT2D eigenvalue weighted by Gasteiger charge is -2.16. The number of hydrogen-bond donors (Lipinski definition) is 0. The Morgan fingerprint density at radius 3 is 2.64 bits per heavy atom. The van der Waals surface area contributed by atoms with E-state index in [1.54, 1.807) is 0 Å². The van der Waals surface area contributed by atoms with E-state index >= 15 is 0 Å². The normalized spacial score (nSPS) is 15.8. The van der Waals surface area contributed by atoms with Gasteiger partial charge < -0.3 is 4.74 Å². The molecule has 3 rings (SSSR count). The van der Waals surface area contributed by atoms with E-state index in [0.717, 1.165) is 27.8 Å². The molecule has 0 unspecified atom stereocenters. The molecular weight excluding hydrogens is 338 g/mol. The molecule has 0 radical (unpaired) electrons. The summed E-state index contributed by atoms with van der Waals surface area (Å²) >= 11 is 3.41. The van der Waals surface area contributed by atoms with Crippen LogP contribution in [0.1, 0.15) is 30.5 Å². The smallest absolute Gasteiger partial charge is 0.123 e. The zero-order chi connectivity index (χ0) is 15.7. The summed E-state index contributed by atoms with van der Waals surface area (Å²) in [6.07, 6.45) is 2.82. The van der Waals surface area contributed by atoms with Crippen molar-refractivity contribution in [2.24, 2.45) is 0 Å². The molecule has 0 N–H and O–H groups in total. The van der Waals surface area contributed by atoms with E-state index in [1.165, 1.54) is 5.56 Å². The van der Waals surface area contributed by atoms with Gasteiger partial charge in [-0.15, -0.1) is 0 Å². The van der Waals surface area contributed by atoms with Crippen molar-refractivity contribution >= 4 is 27.6 Å². The molecule has 2 nitrogen and oxygen atoms in total. The third-order valence-electron chi connectivity index (χ3n) is 3.67. The maximum atomic E-state index is 9.43. The van der Waals surface area contributed by atoms with Crippen LogP contribution in [0.15, 0.2) is 46.9 Å². The van der Waals surface area contributed by atoms with E-state index in [2.05, 4.69) is 41.9 Å². The van der Waals surface area contributed by atoms with Gasteiger partial charge in [0.15, 0.2) is 0 Å². The number of fused-ring (bicyclic) bond motifs is 1. The number of rotatable bonds is 2. The first-order valence-electron chi connectivity index (χ1n) is 7.16. The lowest BCUT2D eigenvalue weighted by Crippen LogP contribution is -2.24. The van der Waals surface area contributed by atoms with Gasteiger partial charge in [-0.05, 0) is 60.9 Å². The van der Waals surface area contributed by atoms with Crippen molar-refractivity contribution in [3.63, 3.8) is 0 Å². The molecule has 1 aliphatic rings. The number of allylic oxidation sites excluding steroid dienone is 1. The number of benzene rings is 2. The van der Waals surface area contributed by atoms with Crippen LogP contribution in [0.3, 0.4) is 0 Å². The van der Waals surface area contributed by atoms with E-state index in [9.17, 15) is 5.26 Å². The quantitative estimate of drug-likeness (QED) is 0.547. The Bertz CT molecular complexity index is 782. The zero-order valence-corrected chi connectivity index (χ0v) is 14.1. The molecular formula is C19H16BrNO. The Hall–Kier alpha value is -2.05. The molecule has 1 aliphatic heterocycles. The van der Waals surface area contributed by atoms with Crippen LogP contribution < -0.4 is 4.74 Å². The van der Waals surface area contributed by atoms with Crippen LogP contribution in [0.2, 0.25) is 0 Å². The molecule has 0 amide bonds. The largest absolute Gasteiger partial charge is 0.487 e. The molecule has 3 heteroatoms. The lowest BCUT2D eigenvalue weighted by atomic mass is 9.98. The monoisotopic (exact) mass is 353 g/mol. The molecule has 2 aromatic carbocycles. The van der Waals surface area contributed by atoms with Gasteiger partial charge in [0.05, 0.1) is 11.6 Å². The molecule has 0 atom stereocenters. The molecule has 0 aromatic heterocycles. The van der Waals surface area contributed by atoms with Crippen LogP contribution in [-0.4, -0.2) is 5.60 Å². The molecule has 0 saturated heterocycles. The van der Waals surface area contributed by atoms with Crippen LogP contribution in [0, 0.1) is 11.3 Å². The summed E-state index contributed by atoms with van der Waals surface area (Å²) in [6.45, 7) is 4.18. The van der Waals surface area contributed by atoms with Crippen LogP contribution in [-0.2, 0) is 6.42 Å². The molecule has 0 saturated carbocycles. The van der Waals surface area contributed by atoms with Crippen molar-refractivity contribution in [3.8, 4) is 11.8 Å². The van der Waals surface area contributed by atoms with Crippen molar-refractivity contribution in [1.82, 2.24) is 0 Å². The van der Waals surface area contributed by atoms with Gasteiger partial charge in [0.25, 0.3) is 0 Å². The molecule has 2 aromatic rings. The summed E-state index contributed by atoms with van der Waals surface area (Å²) in [4.78, 5) is 0. The summed E-state index contributed by atoms with van der Waals surface area (Å²) in [6, 6.07) is 16.2. The minimum Gasteiger partial charge on any atom is -0.487 e. The van der Waals surface area contributed by atoms with Gasteiger partial charge in [0.2, 0.25) is 0 Å². The highest BCUT2D eigenvalue weighted by molar-refractivity contribution is 9.10. The standard InChI is InChI=1S/C19H16BrNO/c1-19(2)11-15-9-13(3-8-18(15)22-19)10-16(12-21)14-4-6-17(20)7-5-14/h3-10H,11H2,1-2H3/b16-10+. The van der Waals surface area contributed by atoms with Gasteiger partial charge in [-0.3, -0.25) is 0 Å². The van der Waals surface area contributed by atoms with Crippen molar-refractivity contribution in [2.75, 3.05) is 0 Å². The number of nitriles is 1. The summed E-state index contributed by atoms with van der Waals surface area (Å²) in [5, 5.41) is 9.43. The van der Waals surface area contributed by atoms with Crippen molar-refractivity contribution in [2.45, 2.75) is 25.9 Å². The highest BCUT2D eigenvalue weighted by atomic mass is 79.9. The minimum absolute atomic E-state index is 0.144. The first-order valence-corrected chi connectivity index (χ1v) is 7.96. The average molecular weight is 354 g/mol. The molecule has 0 bridgehead atoms. The minimum atomic E-state index is -0.144. The number of hydrogen-bond acceptors (Lipinski definition) is 2. The Balaban J connectivity index is 1.95. The van der Waals surface area contributed by atoms with Crippen molar-refractivity contribution < 1.29 is 4.74 Å². The Morgan fingerprint density at radius 1 is 1.23 bits per heavy atom. The SMILES string of the molecule is CC1(C)Cc2cc(/C=C(\C#N)c3ccc(Br)cc3)ccc2O1. The summed E-state index contributed by atoms with van der Waals surface area (Å²) in [7, 11) is 0. The van der Waals surface area contributed by atoms with Gasteiger partial charge in [-0.25, -0.2) is 0 Å². The molecule has 0 aliphatic carbocycles. The summed E-state index contributed by atoms with van der Waals surface area (Å²) in [5.41, 5.74) is 3.66. The van der Waals surface area contributed by atoms with Crippen molar-refractivity contribution in [1.29, 1.82) is 5.26 Å². The first-order chi connectivity index (χ1) is 10.5. The summed E-state index contributed by atoms with van der Waals surface area (Å²) in [5.74, 6) is 0.948. The summed E-state index contributed by atoms with van der Waals surface area (Å²) < 4.78 is 6.89. The molecule has 0 spiro atoms. The van der Waals surface area contributed by atoms with Crippen LogP contribution in [0.4, 0.5) is 0 Å². The van der Waals surface area contributed by atoms with Crippen LogP contribution in [0.25, 0.3) is 11.6 Å². The Labute approximate surface area is 139 Å². The van der Waals surface area contributed by atoms with E-state index in [1.807, 2.05) is 42.5 Å². The second kappa shape index (κ2) is 5.62. The van der Waals surface area contributed by atoms with Crippen molar-refractivity contribution in [3.05, 3.63) is 63.6 Å². The fraction of sp³-hybridized carbons (Fsp3) is 0.211. The topological polar surface area (TPSA) is 33.0 Å². The third-order valence-corrected chi connectivity index (χ3v) is 4.20. The maximum absolute atomic E-state index is 9.43. The Morgan fingerprint density at radius 2 is 1.95 bits per heavy atom. The molecule has 1 heterocycles. The second-order valence-electron chi connectivity index (χ2n) is 6.08. The van der Waals surface area contributed by atoms with E-state index in [4.69, 9.17) is 4.74 Å². The van der Waals surface area contributed by atoms with Crippen LogP contribution >= 0.6 is 15.9 Å². The van der Waals surface area contributed by atoms with E-state index in [0.29, 0.717) is 5.57 Å². The number of halogens is 1. The highest BCUT2D eigenvalue weighted by Gasteiger charge is 2.29. The number of ether oxygens (including phenoxy) is 1. The average Bonchev–Trinajstić information content (AvgIpc) is 2.79. The molecule has 0 fully saturated rings. The Kier molecular flexibility index (Phi) is 3.80. The third kappa shape index (κ3) is 3.08. The van der Waals surface area contributed by atoms with Gasteiger partial charge in [0.1, 0.15) is 11.4 Å². The highest BCUT2D eigenvalue weighted by Crippen LogP contribution is 2.35. The van der Waals surface area contributed by atoms with E-state index in [-0.39, 0.29) is 5.60 Å². The fourth-order valence-corrected chi connectivity index (χ4v) is 2.96. The fourth-order valence-electron chi connectivity index (χ4n) is 2.70. The number of nitrogens with zero attached hydrogens (tertiary/aromatic N) is 1. The molecule has 110 valence electrons. The second-order valence-corrected chi connectivity index (χ2v) is 7.00. The first kappa shape index (κ1) is 14.9. The van der Waals surface area contributed by atoms with Gasteiger partial charge in [0, 0.05) is 10.9 Å². The maximum Gasteiger partial charge on any atom is 0.123 e. The predicted octanol–water partition coefficient (Wildman–Crippen LogP) is 5.23. The van der Waals surface area contributed by atoms with E-state index < -0.39 is 0 Å². The van der Waals surface area contributed by atoms with Gasteiger partial charge >= 0.3 is 0 Å². The predicted molar refractivity (Wildman–Crippen MR) is 92.5 cm³/mol. The van der Waals surface area contributed by atoms with Gasteiger partial charge in [-0.1, -0.05) is 34.1 Å². The van der Waals surface area contributed by atoms with Crippen LogP contribution in [0.5, 0.6) is 5.75 Å². The lowest BCUT2D eigenvalue weighted by molar-refractivity contribution is 0.138.